The summed E-state index contributed by atoms with van der Waals surface area (Å²) in [5, 5.41) is 5.90. The van der Waals surface area contributed by atoms with E-state index in [9.17, 15) is 14.4 Å². The van der Waals surface area contributed by atoms with Crippen molar-refractivity contribution in [2.45, 2.75) is 13.3 Å². The SMILES string of the molecule is CCOCCCSC1=CC(=O)c2onc(C(=O)NC)c2C1=O. The molecule has 7 nitrogen and oxygen atoms in total. The number of fused-ring (bicyclic) bond motifs is 1. The van der Waals surface area contributed by atoms with Crippen LogP contribution in [0, 0.1) is 0 Å². The number of carbonyl (C=O) groups is 3. The van der Waals surface area contributed by atoms with Gasteiger partial charge in [-0.3, -0.25) is 14.4 Å². The number of rotatable bonds is 7. The second kappa shape index (κ2) is 7.37. The topological polar surface area (TPSA) is 98.5 Å². The lowest BCUT2D eigenvalue weighted by Gasteiger charge is -2.10. The van der Waals surface area contributed by atoms with E-state index in [1.807, 2.05) is 6.92 Å². The lowest BCUT2D eigenvalue weighted by Crippen LogP contribution is -2.23. The first-order valence-electron chi connectivity index (χ1n) is 6.83. The zero-order valence-electron chi connectivity index (χ0n) is 12.3. The Morgan fingerprint density at radius 3 is 2.91 bits per heavy atom. The molecule has 0 saturated heterocycles. The fourth-order valence-electron chi connectivity index (χ4n) is 1.91. The summed E-state index contributed by atoms with van der Waals surface area (Å²) < 4.78 is 10.1. The van der Waals surface area contributed by atoms with E-state index >= 15 is 0 Å². The smallest absolute Gasteiger partial charge is 0.274 e. The van der Waals surface area contributed by atoms with E-state index in [0.29, 0.717) is 23.9 Å². The number of Topliss-reactive ketones (excluding diaryl/α,β-unsaturated/α-hetero) is 1. The molecule has 1 aromatic rings. The predicted octanol–water partition coefficient (Wildman–Crippen LogP) is 1.46. The first kappa shape index (κ1) is 16.4. The average Bonchev–Trinajstić information content (AvgIpc) is 2.96. The molecule has 1 amide bonds. The number of amides is 1. The van der Waals surface area contributed by atoms with Gasteiger partial charge in [-0.15, -0.1) is 11.8 Å². The van der Waals surface area contributed by atoms with Crippen LogP contribution in [0.4, 0.5) is 0 Å². The third-order valence-electron chi connectivity index (χ3n) is 2.97. The van der Waals surface area contributed by atoms with Gasteiger partial charge in [-0.2, -0.15) is 0 Å². The standard InChI is InChI=1S/C14H16N2O5S/c1-3-20-5-4-6-22-9-7-8(17)13-10(12(9)18)11(16-21-13)14(19)15-2/h7H,3-6H2,1-2H3,(H,15,19). The maximum absolute atomic E-state index is 12.4. The molecule has 0 bridgehead atoms. The third-order valence-corrected chi connectivity index (χ3v) is 4.07. The zero-order valence-corrected chi connectivity index (χ0v) is 13.1. The first-order valence-corrected chi connectivity index (χ1v) is 7.81. The highest BCUT2D eigenvalue weighted by Gasteiger charge is 2.35. The summed E-state index contributed by atoms with van der Waals surface area (Å²) in [4.78, 5) is 36.4. The molecule has 1 heterocycles. The Labute approximate surface area is 131 Å². The number of thioether (sulfide) groups is 1. The molecule has 1 aliphatic carbocycles. The summed E-state index contributed by atoms with van der Waals surface area (Å²) in [5.41, 5.74) is -0.212. The lowest BCUT2D eigenvalue weighted by molar-refractivity contribution is 0.0944. The summed E-state index contributed by atoms with van der Waals surface area (Å²) in [7, 11) is 1.41. The van der Waals surface area contributed by atoms with Crippen molar-refractivity contribution in [2.75, 3.05) is 26.0 Å². The number of hydrogen-bond donors (Lipinski definition) is 1. The summed E-state index contributed by atoms with van der Waals surface area (Å²) in [6, 6.07) is 0. The summed E-state index contributed by atoms with van der Waals surface area (Å²) in [6.45, 7) is 3.15. The van der Waals surface area contributed by atoms with E-state index in [4.69, 9.17) is 9.26 Å². The monoisotopic (exact) mass is 324 g/mol. The summed E-state index contributed by atoms with van der Waals surface area (Å²) >= 11 is 1.26. The Morgan fingerprint density at radius 2 is 2.23 bits per heavy atom. The lowest BCUT2D eigenvalue weighted by atomic mass is 10.00. The Morgan fingerprint density at radius 1 is 1.45 bits per heavy atom. The van der Waals surface area contributed by atoms with Crippen molar-refractivity contribution in [2.24, 2.45) is 0 Å². The molecule has 0 fully saturated rings. The Hall–Kier alpha value is -1.93. The van der Waals surface area contributed by atoms with Crippen LogP contribution in [0.1, 0.15) is 44.7 Å². The molecule has 0 unspecified atom stereocenters. The minimum Gasteiger partial charge on any atom is -0.382 e. The van der Waals surface area contributed by atoms with Gasteiger partial charge < -0.3 is 14.6 Å². The average molecular weight is 324 g/mol. The largest absolute Gasteiger partial charge is 0.382 e. The molecule has 118 valence electrons. The van der Waals surface area contributed by atoms with E-state index in [1.54, 1.807) is 0 Å². The van der Waals surface area contributed by atoms with Gasteiger partial charge >= 0.3 is 0 Å². The van der Waals surface area contributed by atoms with E-state index in [-0.39, 0.29) is 17.0 Å². The highest BCUT2D eigenvalue weighted by atomic mass is 32.2. The van der Waals surface area contributed by atoms with Gasteiger partial charge in [0.15, 0.2) is 5.69 Å². The van der Waals surface area contributed by atoms with Crippen molar-refractivity contribution in [1.82, 2.24) is 10.5 Å². The molecule has 2 rings (SSSR count). The molecule has 8 heteroatoms. The number of nitrogens with one attached hydrogen (secondary N) is 1. The van der Waals surface area contributed by atoms with Gasteiger partial charge in [0, 0.05) is 32.1 Å². The number of aromatic nitrogens is 1. The highest BCUT2D eigenvalue weighted by Crippen LogP contribution is 2.30. The van der Waals surface area contributed by atoms with Crippen LogP contribution in [0.5, 0.6) is 0 Å². The van der Waals surface area contributed by atoms with Crippen LogP contribution in [0.25, 0.3) is 0 Å². The molecule has 0 aliphatic heterocycles. The van der Waals surface area contributed by atoms with Crippen LogP contribution in [0.2, 0.25) is 0 Å². The van der Waals surface area contributed by atoms with E-state index in [2.05, 4.69) is 10.5 Å². The number of ether oxygens (including phenoxy) is 1. The fourth-order valence-corrected chi connectivity index (χ4v) is 2.82. The van der Waals surface area contributed by atoms with Gasteiger partial charge in [-0.25, -0.2) is 0 Å². The van der Waals surface area contributed by atoms with Crippen molar-refractivity contribution in [3.63, 3.8) is 0 Å². The van der Waals surface area contributed by atoms with Crippen LogP contribution in [0.15, 0.2) is 15.5 Å². The molecule has 0 aromatic carbocycles. The Kier molecular flexibility index (Phi) is 5.51. The Bertz CT molecular complexity index is 635. The quantitative estimate of drug-likeness (QED) is 0.758. The van der Waals surface area contributed by atoms with Gasteiger partial charge in [-0.05, 0) is 13.3 Å². The zero-order chi connectivity index (χ0) is 16.1. The number of nitrogens with zero attached hydrogens (tertiary/aromatic N) is 1. The maximum atomic E-state index is 12.4. The van der Waals surface area contributed by atoms with E-state index in [1.165, 1.54) is 24.9 Å². The van der Waals surface area contributed by atoms with Gasteiger partial charge in [0.2, 0.25) is 17.3 Å². The number of hydrogen-bond acceptors (Lipinski definition) is 7. The molecule has 0 saturated carbocycles. The van der Waals surface area contributed by atoms with Gasteiger partial charge in [0.25, 0.3) is 5.91 Å². The molecular formula is C14H16N2O5S. The summed E-state index contributed by atoms with van der Waals surface area (Å²) in [6.07, 6.45) is 1.99. The highest BCUT2D eigenvalue weighted by molar-refractivity contribution is 8.04. The van der Waals surface area contributed by atoms with Crippen LogP contribution in [-0.2, 0) is 4.74 Å². The molecule has 0 radical (unpaired) electrons. The van der Waals surface area contributed by atoms with Crippen LogP contribution in [-0.4, -0.2) is 48.6 Å². The van der Waals surface area contributed by atoms with E-state index in [0.717, 1.165) is 6.42 Å². The van der Waals surface area contributed by atoms with Crippen molar-refractivity contribution in [3.8, 4) is 0 Å². The van der Waals surface area contributed by atoms with Crippen molar-refractivity contribution in [1.29, 1.82) is 0 Å². The van der Waals surface area contributed by atoms with Gasteiger partial charge in [0.05, 0.1) is 4.91 Å². The Balaban J connectivity index is 2.13. The molecule has 1 aliphatic rings. The third kappa shape index (κ3) is 3.28. The molecule has 22 heavy (non-hydrogen) atoms. The van der Waals surface area contributed by atoms with Crippen LogP contribution in [0.3, 0.4) is 0 Å². The van der Waals surface area contributed by atoms with E-state index < -0.39 is 17.5 Å². The van der Waals surface area contributed by atoms with Gasteiger partial charge in [0.1, 0.15) is 5.56 Å². The predicted molar refractivity (Wildman–Crippen MR) is 80.2 cm³/mol. The van der Waals surface area contributed by atoms with Crippen molar-refractivity contribution >= 4 is 29.2 Å². The number of carbonyl (C=O) groups excluding carboxylic acids is 3. The minimum absolute atomic E-state index is 0.0563. The molecule has 0 spiro atoms. The minimum atomic E-state index is -0.561. The fraction of sp³-hybridized carbons (Fsp3) is 0.429. The second-order valence-corrected chi connectivity index (χ2v) is 5.55. The summed E-state index contributed by atoms with van der Waals surface area (Å²) in [5.74, 6) is -0.961. The number of allylic oxidation sites excluding steroid dienone is 2. The molecular weight excluding hydrogens is 308 g/mol. The maximum Gasteiger partial charge on any atom is 0.274 e. The van der Waals surface area contributed by atoms with Crippen LogP contribution < -0.4 is 5.32 Å². The molecule has 0 atom stereocenters. The van der Waals surface area contributed by atoms with Crippen molar-refractivity contribution < 1.29 is 23.6 Å². The molecule has 1 aromatic heterocycles. The van der Waals surface area contributed by atoms with Crippen molar-refractivity contribution in [3.05, 3.63) is 28.0 Å². The van der Waals surface area contributed by atoms with Crippen LogP contribution >= 0.6 is 11.8 Å². The van der Waals surface area contributed by atoms with Gasteiger partial charge in [-0.1, -0.05) is 5.16 Å². The normalized spacial score (nSPS) is 13.8. The molecule has 1 N–H and O–H groups in total. The second-order valence-electron chi connectivity index (χ2n) is 4.42. The number of ketones is 2. The first-order chi connectivity index (χ1) is 10.6.